The van der Waals surface area contributed by atoms with E-state index < -0.39 is 0 Å². The van der Waals surface area contributed by atoms with E-state index in [4.69, 9.17) is 0 Å². The van der Waals surface area contributed by atoms with E-state index in [0.717, 1.165) is 11.4 Å². The molecule has 96 valence electrons. The van der Waals surface area contributed by atoms with Crippen molar-refractivity contribution in [1.29, 1.82) is 0 Å². The maximum atomic E-state index is 4.29. The molecule has 0 amide bonds. The molecular weight excluding hydrogens is 240 g/mol. The van der Waals surface area contributed by atoms with Crippen molar-refractivity contribution >= 4 is 17.6 Å². The fourth-order valence-corrected chi connectivity index (χ4v) is 2.00. The number of aromatic nitrogens is 1. The lowest BCUT2D eigenvalue weighted by atomic mass is 10.0. The van der Waals surface area contributed by atoms with Gasteiger partial charge in [0.2, 0.25) is 0 Å². The number of pyridine rings is 1. The molecule has 0 bridgehead atoms. The standard InChI is InChI=1S/C13H14N2S.C2H6/c1-10-13(4-3-9-14-10)11-5-7-12(8-6-11)15-16-2;1-2/h3-9,15H,1-2H3;1-2H3. The number of nitrogens with one attached hydrogen (secondary N) is 1. The van der Waals surface area contributed by atoms with Gasteiger partial charge in [-0.3, -0.25) is 4.98 Å². The largest absolute Gasteiger partial charge is 0.330 e. The molecule has 2 aromatic rings. The molecule has 2 rings (SSSR count). The number of anilines is 1. The molecule has 18 heavy (non-hydrogen) atoms. The molecule has 0 unspecified atom stereocenters. The van der Waals surface area contributed by atoms with Crippen LogP contribution in [0.15, 0.2) is 42.6 Å². The molecule has 0 fully saturated rings. The minimum Gasteiger partial charge on any atom is -0.330 e. The fourth-order valence-electron chi connectivity index (χ4n) is 1.63. The van der Waals surface area contributed by atoms with Gasteiger partial charge in [0.05, 0.1) is 0 Å². The van der Waals surface area contributed by atoms with Crippen molar-refractivity contribution in [2.45, 2.75) is 20.8 Å². The topological polar surface area (TPSA) is 24.9 Å². The van der Waals surface area contributed by atoms with Crippen LogP contribution in [0.4, 0.5) is 5.69 Å². The van der Waals surface area contributed by atoms with Crippen molar-refractivity contribution in [3.05, 3.63) is 48.3 Å². The Labute approximate surface area is 114 Å². The third kappa shape index (κ3) is 3.77. The van der Waals surface area contributed by atoms with E-state index in [-0.39, 0.29) is 0 Å². The molecule has 0 saturated heterocycles. The molecule has 1 N–H and O–H groups in total. The van der Waals surface area contributed by atoms with Crippen LogP contribution in [-0.4, -0.2) is 11.2 Å². The van der Waals surface area contributed by atoms with E-state index in [1.807, 2.05) is 39.3 Å². The predicted molar refractivity (Wildman–Crippen MR) is 82.9 cm³/mol. The van der Waals surface area contributed by atoms with Gasteiger partial charge in [-0.15, -0.1) is 0 Å². The highest BCUT2D eigenvalue weighted by atomic mass is 32.2. The second kappa shape index (κ2) is 7.77. The molecule has 2 nitrogen and oxygen atoms in total. The van der Waals surface area contributed by atoms with Gasteiger partial charge in [0.15, 0.2) is 0 Å². The van der Waals surface area contributed by atoms with Crippen LogP contribution in [0.5, 0.6) is 0 Å². The van der Waals surface area contributed by atoms with Crippen LogP contribution in [0.25, 0.3) is 11.1 Å². The minimum atomic E-state index is 1.06. The zero-order chi connectivity index (χ0) is 13.4. The van der Waals surface area contributed by atoms with Crippen LogP contribution < -0.4 is 4.72 Å². The summed E-state index contributed by atoms with van der Waals surface area (Å²) in [6.45, 7) is 6.03. The number of benzene rings is 1. The van der Waals surface area contributed by atoms with Gasteiger partial charge in [-0.05, 0) is 30.7 Å². The second-order valence-corrected chi connectivity index (χ2v) is 4.13. The Morgan fingerprint density at radius 1 is 1.06 bits per heavy atom. The van der Waals surface area contributed by atoms with Crippen LogP contribution >= 0.6 is 11.9 Å². The highest BCUT2D eigenvalue weighted by Gasteiger charge is 2.01. The van der Waals surface area contributed by atoms with Gasteiger partial charge in [-0.2, -0.15) is 0 Å². The lowest BCUT2D eigenvalue weighted by Gasteiger charge is -2.06. The second-order valence-electron chi connectivity index (χ2n) is 3.52. The summed E-state index contributed by atoms with van der Waals surface area (Å²) in [5.41, 5.74) is 4.58. The first-order valence-corrected chi connectivity index (χ1v) is 7.35. The van der Waals surface area contributed by atoms with E-state index in [1.54, 1.807) is 11.9 Å². The van der Waals surface area contributed by atoms with E-state index in [2.05, 4.69) is 40.0 Å². The van der Waals surface area contributed by atoms with Crippen molar-refractivity contribution in [3.63, 3.8) is 0 Å². The average molecular weight is 260 g/mol. The number of aryl methyl sites for hydroxylation is 1. The Balaban J connectivity index is 0.000000771. The monoisotopic (exact) mass is 260 g/mol. The fraction of sp³-hybridized carbons (Fsp3) is 0.267. The van der Waals surface area contributed by atoms with Crippen LogP contribution in [0.3, 0.4) is 0 Å². The maximum Gasteiger partial charge on any atom is 0.0450 e. The minimum absolute atomic E-state index is 1.06. The van der Waals surface area contributed by atoms with E-state index in [9.17, 15) is 0 Å². The van der Waals surface area contributed by atoms with Crippen LogP contribution in [0.2, 0.25) is 0 Å². The summed E-state index contributed by atoms with van der Waals surface area (Å²) >= 11 is 1.60. The maximum absolute atomic E-state index is 4.29. The molecule has 1 aromatic heterocycles. The number of hydrogen-bond donors (Lipinski definition) is 1. The zero-order valence-electron chi connectivity index (χ0n) is 11.4. The van der Waals surface area contributed by atoms with Crippen LogP contribution in [-0.2, 0) is 0 Å². The molecule has 0 atom stereocenters. The molecule has 0 spiro atoms. The summed E-state index contributed by atoms with van der Waals surface area (Å²) in [5, 5.41) is 0. The van der Waals surface area contributed by atoms with Gasteiger partial charge in [0, 0.05) is 29.4 Å². The SMILES string of the molecule is CC.CSNc1ccc(-c2cccnc2C)cc1. The highest BCUT2D eigenvalue weighted by Crippen LogP contribution is 2.23. The first kappa shape index (κ1) is 14.6. The van der Waals surface area contributed by atoms with Crippen molar-refractivity contribution in [2.24, 2.45) is 0 Å². The summed E-state index contributed by atoms with van der Waals surface area (Å²) < 4.78 is 3.20. The number of rotatable bonds is 3. The molecule has 0 aliphatic rings. The summed E-state index contributed by atoms with van der Waals surface area (Å²) in [7, 11) is 0. The Morgan fingerprint density at radius 3 is 2.28 bits per heavy atom. The number of hydrogen-bond acceptors (Lipinski definition) is 3. The molecule has 0 saturated carbocycles. The zero-order valence-corrected chi connectivity index (χ0v) is 12.2. The molecule has 0 aliphatic heterocycles. The van der Waals surface area contributed by atoms with Crippen molar-refractivity contribution < 1.29 is 0 Å². The summed E-state index contributed by atoms with van der Waals surface area (Å²) in [4.78, 5) is 4.29. The lowest BCUT2D eigenvalue weighted by Crippen LogP contribution is -1.88. The summed E-state index contributed by atoms with van der Waals surface area (Å²) in [5.74, 6) is 0. The summed E-state index contributed by atoms with van der Waals surface area (Å²) in [6.07, 6.45) is 3.83. The van der Waals surface area contributed by atoms with Gasteiger partial charge in [0.1, 0.15) is 0 Å². The normalized spacial score (nSPS) is 9.33. The average Bonchev–Trinajstić information content (AvgIpc) is 2.43. The summed E-state index contributed by atoms with van der Waals surface area (Å²) in [6, 6.07) is 12.5. The van der Waals surface area contributed by atoms with Crippen LogP contribution in [0, 0.1) is 6.92 Å². The van der Waals surface area contributed by atoms with E-state index in [1.165, 1.54) is 11.1 Å². The molecule has 1 heterocycles. The Kier molecular flexibility index (Phi) is 6.29. The Morgan fingerprint density at radius 2 is 1.72 bits per heavy atom. The van der Waals surface area contributed by atoms with Gasteiger partial charge >= 0.3 is 0 Å². The number of nitrogens with zero attached hydrogens (tertiary/aromatic N) is 1. The van der Waals surface area contributed by atoms with E-state index >= 15 is 0 Å². The van der Waals surface area contributed by atoms with Gasteiger partial charge in [-0.25, -0.2) is 0 Å². The quantitative estimate of drug-likeness (QED) is 0.804. The molecule has 0 aliphatic carbocycles. The van der Waals surface area contributed by atoms with Gasteiger partial charge in [0.25, 0.3) is 0 Å². The first-order valence-electron chi connectivity index (χ1n) is 6.12. The van der Waals surface area contributed by atoms with Crippen molar-refractivity contribution in [1.82, 2.24) is 4.98 Å². The third-order valence-electron chi connectivity index (χ3n) is 2.42. The highest BCUT2D eigenvalue weighted by molar-refractivity contribution is 7.99. The van der Waals surface area contributed by atoms with Crippen molar-refractivity contribution in [3.8, 4) is 11.1 Å². The molecular formula is C15H20N2S. The smallest absolute Gasteiger partial charge is 0.0450 e. The van der Waals surface area contributed by atoms with Crippen molar-refractivity contribution in [2.75, 3.05) is 11.0 Å². The van der Waals surface area contributed by atoms with Gasteiger partial charge < -0.3 is 4.72 Å². The Hall–Kier alpha value is -1.48. The van der Waals surface area contributed by atoms with Gasteiger partial charge in [-0.1, -0.05) is 44.0 Å². The molecule has 1 aromatic carbocycles. The Bertz CT molecular complexity index is 466. The lowest BCUT2D eigenvalue weighted by molar-refractivity contribution is 1.20. The first-order chi connectivity index (χ1) is 8.81. The van der Waals surface area contributed by atoms with Crippen LogP contribution in [0.1, 0.15) is 19.5 Å². The van der Waals surface area contributed by atoms with E-state index in [0.29, 0.717) is 0 Å². The third-order valence-corrected chi connectivity index (χ3v) is 2.86. The molecule has 0 radical (unpaired) electrons. The molecule has 3 heteroatoms. The predicted octanol–water partition coefficient (Wildman–Crippen LogP) is 4.77.